The van der Waals surface area contributed by atoms with E-state index in [-0.39, 0.29) is 0 Å². The summed E-state index contributed by atoms with van der Waals surface area (Å²) in [6.07, 6.45) is 2.72. The number of aromatic nitrogens is 5. The van der Waals surface area contributed by atoms with Gasteiger partial charge in [-0.15, -0.1) is 5.10 Å². The van der Waals surface area contributed by atoms with Gasteiger partial charge in [0, 0.05) is 6.54 Å². The predicted octanol–water partition coefficient (Wildman–Crippen LogP) is 1.87. The Labute approximate surface area is 90.0 Å². The molecule has 14 heavy (non-hydrogen) atoms. The molecule has 0 aliphatic heterocycles. The van der Waals surface area contributed by atoms with Crippen LogP contribution in [0.4, 0.5) is 0 Å². The minimum atomic E-state index is 0.648. The van der Waals surface area contributed by atoms with E-state index in [1.807, 2.05) is 4.57 Å². The van der Waals surface area contributed by atoms with Crippen LogP contribution in [0.15, 0.2) is 6.20 Å². The van der Waals surface area contributed by atoms with Gasteiger partial charge in [-0.3, -0.25) is 9.67 Å². The number of nitrogens with zero attached hydrogens (tertiary/aromatic N) is 4. The zero-order chi connectivity index (χ0) is 9.97. The first-order valence-corrected chi connectivity index (χ1v) is 5.44. The van der Waals surface area contributed by atoms with E-state index in [0.717, 1.165) is 23.7 Å². The summed E-state index contributed by atoms with van der Waals surface area (Å²) in [6.45, 7) is 2.96. The fraction of sp³-hybridized carbons (Fsp3) is 0.429. The van der Waals surface area contributed by atoms with Gasteiger partial charge in [-0.25, -0.2) is 0 Å². The topological polar surface area (TPSA) is 59.4 Å². The first-order chi connectivity index (χ1) is 6.83. The van der Waals surface area contributed by atoms with Gasteiger partial charge in [-0.05, 0) is 30.2 Å². The number of nitrogens with one attached hydrogen (secondary N) is 1. The molecule has 74 valence electrons. The van der Waals surface area contributed by atoms with Gasteiger partial charge >= 0.3 is 0 Å². The maximum Gasteiger partial charge on any atom is 0.195 e. The van der Waals surface area contributed by atoms with Crippen molar-refractivity contribution in [3.05, 3.63) is 11.0 Å². The lowest BCUT2D eigenvalue weighted by molar-refractivity contribution is 0.675. The molecular weight excluding hydrogens is 218 g/mol. The lowest BCUT2D eigenvalue weighted by Gasteiger charge is -2.00. The Morgan fingerprint density at radius 1 is 1.64 bits per heavy atom. The van der Waals surface area contributed by atoms with Crippen molar-refractivity contribution in [2.45, 2.75) is 19.9 Å². The summed E-state index contributed by atoms with van der Waals surface area (Å²) >= 11 is 6.44. The van der Waals surface area contributed by atoms with Gasteiger partial charge in [0.1, 0.15) is 4.88 Å². The molecule has 5 nitrogen and oxygen atoms in total. The molecule has 0 saturated heterocycles. The van der Waals surface area contributed by atoms with E-state index in [2.05, 4.69) is 26.7 Å². The number of H-pyrrole nitrogens is 1. The van der Waals surface area contributed by atoms with Crippen molar-refractivity contribution in [1.29, 1.82) is 0 Å². The largest absolute Gasteiger partial charge is 0.299 e. The van der Waals surface area contributed by atoms with Crippen molar-refractivity contribution in [3.63, 3.8) is 0 Å². The van der Waals surface area contributed by atoms with E-state index in [1.54, 1.807) is 6.20 Å². The molecule has 0 atom stereocenters. The van der Waals surface area contributed by atoms with Crippen molar-refractivity contribution in [1.82, 2.24) is 24.4 Å². The third kappa shape index (κ3) is 1.60. The maximum atomic E-state index is 5.12. The molecule has 2 heterocycles. The maximum absolute atomic E-state index is 5.12. The highest BCUT2D eigenvalue weighted by Crippen LogP contribution is 2.19. The highest BCUT2D eigenvalue weighted by Gasteiger charge is 2.09. The van der Waals surface area contributed by atoms with Crippen LogP contribution in [-0.4, -0.2) is 24.4 Å². The Morgan fingerprint density at radius 2 is 2.50 bits per heavy atom. The minimum absolute atomic E-state index is 0.648. The number of hydrogen-bond acceptors (Lipinski definition) is 5. The predicted molar refractivity (Wildman–Crippen MR) is 56.6 cm³/mol. The van der Waals surface area contributed by atoms with Crippen LogP contribution >= 0.6 is 23.8 Å². The van der Waals surface area contributed by atoms with Gasteiger partial charge in [0.05, 0.1) is 6.20 Å². The van der Waals surface area contributed by atoms with E-state index in [1.165, 1.54) is 11.5 Å². The van der Waals surface area contributed by atoms with Gasteiger partial charge < -0.3 is 0 Å². The van der Waals surface area contributed by atoms with Crippen molar-refractivity contribution in [2.75, 3.05) is 0 Å². The van der Waals surface area contributed by atoms with Crippen LogP contribution < -0.4 is 0 Å². The van der Waals surface area contributed by atoms with Gasteiger partial charge in [0.15, 0.2) is 10.6 Å². The molecule has 7 heteroatoms. The SMILES string of the molecule is CCCn1c(-c2cnns2)n[nH]c1=S. The Morgan fingerprint density at radius 3 is 3.14 bits per heavy atom. The molecule has 2 aromatic heterocycles. The minimum Gasteiger partial charge on any atom is -0.299 e. The van der Waals surface area contributed by atoms with Gasteiger partial charge in [0.2, 0.25) is 0 Å². The first-order valence-electron chi connectivity index (χ1n) is 4.26. The molecule has 2 aromatic rings. The quantitative estimate of drug-likeness (QED) is 0.813. The molecule has 0 unspecified atom stereocenters. The second-order valence-electron chi connectivity index (χ2n) is 2.79. The van der Waals surface area contributed by atoms with Gasteiger partial charge in [-0.1, -0.05) is 11.4 Å². The van der Waals surface area contributed by atoms with E-state index in [9.17, 15) is 0 Å². The average molecular weight is 227 g/mol. The molecule has 0 amide bonds. The summed E-state index contributed by atoms with van der Waals surface area (Å²) in [7, 11) is 0. The standard InChI is InChI=1S/C7H9N5S2/c1-2-3-12-6(9-10-7(12)13)5-4-8-11-14-5/h4H,2-3H2,1H3,(H,10,13). The normalized spacial score (nSPS) is 10.6. The molecule has 0 bridgehead atoms. The summed E-state index contributed by atoms with van der Waals surface area (Å²) in [5, 5.41) is 10.7. The summed E-state index contributed by atoms with van der Waals surface area (Å²) in [6, 6.07) is 0. The summed E-state index contributed by atoms with van der Waals surface area (Å²) in [5.74, 6) is 0.826. The zero-order valence-electron chi connectivity index (χ0n) is 7.60. The molecule has 2 rings (SSSR count). The second kappa shape index (κ2) is 3.97. The van der Waals surface area contributed by atoms with E-state index in [0.29, 0.717) is 4.77 Å². The smallest absolute Gasteiger partial charge is 0.195 e. The molecule has 0 radical (unpaired) electrons. The van der Waals surface area contributed by atoms with Crippen LogP contribution in [0.2, 0.25) is 0 Å². The van der Waals surface area contributed by atoms with Crippen LogP contribution in [0.25, 0.3) is 10.7 Å². The monoisotopic (exact) mass is 227 g/mol. The van der Waals surface area contributed by atoms with E-state index < -0.39 is 0 Å². The Hall–Kier alpha value is -1.08. The first kappa shape index (κ1) is 9.47. The third-order valence-corrected chi connectivity index (χ3v) is 2.76. The van der Waals surface area contributed by atoms with Crippen LogP contribution in [0.3, 0.4) is 0 Å². The lowest BCUT2D eigenvalue weighted by Crippen LogP contribution is -1.98. The summed E-state index contributed by atoms with van der Waals surface area (Å²) in [4.78, 5) is 0.936. The Kier molecular flexibility index (Phi) is 2.69. The number of rotatable bonds is 3. The Bertz CT molecular complexity index is 455. The van der Waals surface area contributed by atoms with Crippen LogP contribution in [-0.2, 0) is 6.54 Å². The van der Waals surface area contributed by atoms with Gasteiger partial charge in [0.25, 0.3) is 0 Å². The summed E-state index contributed by atoms with van der Waals surface area (Å²) < 4.78 is 6.41. The van der Waals surface area contributed by atoms with Crippen LogP contribution in [0.5, 0.6) is 0 Å². The van der Waals surface area contributed by atoms with Crippen LogP contribution in [0.1, 0.15) is 13.3 Å². The van der Waals surface area contributed by atoms with Crippen molar-refractivity contribution in [3.8, 4) is 10.7 Å². The van der Waals surface area contributed by atoms with Gasteiger partial charge in [-0.2, -0.15) is 5.10 Å². The zero-order valence-corrected chi connectivity index (χ0v) is 9.23. The highest BCUT2D eigenvalue weighted by molar-refractivity contribution is 7.71. The van der Waals surface area contributed by atoms with Crippen LogP contribution in [0, 0.1) is 4.77 Å². The highest BCUT2D eigenvalue weighted by atomic mass is 32.1. The number of hydrogen-bond donors (Lipinski definition) is 1. The summed E-state index contributed by atoms with van der Waals surface area (Å²) in [5.41, 5.74) is 0. The van der Waals surface area contributed by atoms with Crippen molar-refractivity contribution in [2.24, 2.45) is 0 Å². The molecule has 1 N–H and O–H groups in total. The number of aromatic amines is 1. The molecule has 0 spiro atoms. The molecule has 0 aromatic carbocycles. The average Bonchev–Trinajstić information content (AvgIpc) is 2.77. The molecule has 0 aliphatic rings. The van der Waals surface area contributed by atoms with Crippen molar-refractivity contribution < 1.29 is 0 Å². The molecular formula is C7H9N5S2. The second-order valence-corrected chi connectivity index (χ2v) is 3.96. The fourth-order valence-corrected chi connectivity index (χ4v) is 1.94. The van der Waals surface area contributed by atoms with E-state index >= 15 is 0 Å². The molecule has 0 saturated carbocycles. The van der Waals surface area contributed by atoms with E-state index in [4.69, 9.17) is 12.2 Å². The third-order valence-electron chi connectivity index (χ3n) is 1.79. The van der Waals surface area contributed by atoms with Crippen molar-refractivity contribution >= 4 is 23.8 Å². The molecule has 0 aliphatic carbocycles. The fourth-order valence-electron chi connectivity index (χ4n) is 1.20. The molecule has 0 fully saturated rings. The Balaban J connectivity index is 2.48. The lowest BCUT2D eigenvalue weighted by atomic mass is 10.4.